The van der Waals surface area contributed by atoms with E-state index in [1.165, 1.54) is 11.8 Å². The van der Waals surface area contributed by atoms with E-state index < -0.39 is 5.97 Å². The van der Waals surface area contributed by atoms with Crippen LogP contribution >= 0.6 is 11.8 Å². The van der Waals surface area contributed by atoms with E-state index in [1.807, 2.05) is 13.8 Å². The maximum atomic E-state index is 12.3. The molecule has 0 aliphatic carbocycles. The smallest absolute Gasteiger partial charge is 0.305 e. The first-order chi connectivity index (χ1) is 10.5. The van der Waals surface area contributed by atoms with Crippen molar-refractivity contribution in [2.45, 2.75) is 32.1 Å². The van der Waals surface area contributed by atoms with Crippen molar-refractivity contribution in [3.05, 3.63) is 17.0 Å². The molecule has 1 aromatic rings. The number of nitrogens with zero attached hydrogens (tertiary/aromatic N) is 2. The SMILES string of the molecule is Cc1noc(C)c1CSCC(=O)N1CCOCC1CC(=O)O. The Morgan fingerprint density at radius 2 is 2.23 bits per heavy atom. The van der Waals surface area contributed by atoms with Gasteiger partial charge in [-0.1, -0.05) is 5.16 Å². The molecule has 22 heavy (non-hydrogen) atoms. The summed E-state index contributed by atoms with van der Waals surface area (Å²) < 4.78 is 10.4. The van der Waals surface area contributed by atoms with Gasteiger partial charge in [-0.25, -0.2) is 0 Å². The van der Waals surface area contributed by atoms with Crippen molar-refractivity contribution in [2.75, 3.05) is 25.5 Å². The third-order valence-electron chi connectivity index (χ3n) is 3.61. The van der Waals surface area contributed by atoms with Gasteiger partial charge in [0.1, 0.15) is 5.76 Å². The summed E-state index contributed by atoms with van der Waals surface area (Å²) in [5, 5.41) is 12.8. The summed E-state index contributed by atoms with van der Waals surface area (Å²) in [6, 6.07) is -0.376. The number of aryl methyl sites for hydroxylation is 2. The maximum Gasteiger partial charge on any atom is 0.305 e. The molecule has 122 valence electrons. The van der Waals surface area contributed by atoms with E-state index in [0.29, 0.717) is 24.7 Å². The highest BCUT2D eigenvalue weighted by atomic mass is 32.2. The summed E-state index contributed by atoms with van der Waals surface area (Å²) in [5.74, 6) is 0.761. The van der Waals surface area contributed by atoms with Gasteiger partial charge in [-0.15, -0.1) is 11.8 Å². The molecule has 1 unspecified atom stereocenters. The van der Waals surface area contributed by atoms with Gasteiger partial charge in [-0.05, 0) is 13.8 Å². The molecule has 2 heterocycles. The zero-order chi connectivity index (χ0) is 16.1. The Balaban J connectivity index is 1.86. The minimum Gasteiger partial charge on any atom is -0.481 e. The Labute approximate surface area is 133 Å². The quantitative estimate of drug-likeness (QED) is 0.839. The number of carboxylic acids is 1. The normalized spacial score (nSPS) is 18.5. The number of rotatable bonds is 6. The van der Waals surface area contributed by atoms with Gasteiger partial charge in [0.05, 0.1) is 37.1 Å². The first-order valence-electron chi connectivity index (χ1n) is 7.07. The summed E-state index contributed by atoms with van der Waals surface area (Å²) in [5.41, 5.74) is 1.86. The summed E-state index contributed by atoms with van der Waals surface area (Å²) in [6.07, 6.45) is -0.0831. The van der Waals surface area contributed by atoms with Gasteiger partial charge in [-0.3, -0.25) is 9.59 Å². The van der Waals surface area contributed by atoms with Gasteiger partial charge in [0.15, 0.2) is 0 Å². The molecule has 1 fully saturated rings. The molecule has 8 heteroatoms. The molecule has 1 N–H and O–H groups in total. The molecule has 0 aromatic carbocycles. The van der Waals surface area contributed by atoms with Crippen LogP contribution in [-0.2, 0) is 20.1 Å². The van der Waals surface area contributed by atoms with Crippen LogP contribution in [0.25, 0.3) is 0 Å². The lowest BCUT2D eigenvalue weighted by Crippen LogP contribution is -2.50. The van der Waals surface area contributed by atoms with E-state index in [4.69, 9.17) is 14.4 Å². The number of carbonyl (C=O) groups excluding carboxylic acids is 1. The minimum absolute atomic E-state index is 0.0497. The van der Waals surface area contributed by atoms with Gasteiger partial charge in [0, 0.05) is 17.9 Å². The second-order valence-electron chi connectivity index (χ2n) is 5.21. The molecule has 0 saturated carbocycles. The van der Waals surface area contributed by atoms with Crippen molar-refractivity contribution < 1.29 is 24.0 Å². The second kappa shape index (κ2) is 7.64. The standard InChI is InChI=1S/C14H20N2O5S/c1-9-12(10(2)21-15-9)7-22-8-13(17)16-3-4-20-6-11(16)5-14(18)19/h11H,3-8H2,1-2H3,(H,18,19). The van der Waals surface area contributed by atoms with E-state index >= 15 is 0 Å². The van der Waals surface area contributed by atoms with Crippen LogP contribution in [0.3, 0.4) is 0 Å². The molecule has 2 rings (SSSR count). The molecule has 1 aliphatic rings. The number of ether oxygens (including phenoxy) is 1. The van der Waals surface area contributed by atoms with E-state index in [9.17, 15) is 9.59 Å². The van der Waals surface area contributed by atoms with Crippen LogP contribution in [-0.4, -0.2) is 58.6 Å². The number of hydrogen-bond donors (Lipinski definition) is 1. The Morgan fingerprint density at radius 3 is 2.86 bits per heavy atom. The lowest BCUT2D eigenvalue weighted by atomic mass is 10.1. The van der Waals surface area contributed by atoms with E-state index in [1.54, 1.807) is 4.90 Å². The fourth-order valence-corrected chi connectivity index (χ4v) is 3.44. The molecule has 1 aromatic heterocycles. The van der Waals surface area contributed by atoms with E-state index in [-0.39, 0.29) is 25.0 Å². The molecule has 1 atom stereocenters. The molecule has 0 bridgehead atoms. The highest BCUT2D eigenvalue weighted by Gasteiger charge is 2.28. The summed E-state index contributed by atoms with van der Waals surface area (Å²) in [7, 11) is 0. The maximum absolute atomic E-state index is 12.3. The topological polar surface area (TPSA) is 92.9 Å². The minimum atomic E-state index is -0.920. The number of aromatic nitrogens is 1. The van der Waals surface area contributed by atoms with Crippen molar-refractivity contribution in [1.82, 2.24) is 10.1 Å². The van der Waals surface area contributed by atoms with Gasteiger partial charge in [0.25, 0.3) is 0 Å². The second-order valence-corrected chi connectivity index (χ2v) is 6.19. The van der Waals surface area contributed by atoms with Gasteiger partial charge in [0.2, 0.25) is 5.91 Å². The van der Waals surface area contributed by atoms with Crippen molar-refractivity contribution in [2.24, 2.45) is 0 Å². The third kappa shape index (κ3) is 4.23. The van der Waals surface area contributed by atoms with E-state index in [0.717, 1.165) is 17.0 Å². The fraction of sp³-hybridized carbons (Fsp3) is 0.643. The van der Waals surface area contributed by atoms with Crippen molar-refractivity contribution in [3.63, 3.8) is 0 Å². The van der Waals surface area contributed by atoms with Crippen LogP contribution in [0.4, 0.5) is 0 Å². The Bertz CT molecular complexity index is 526. The molecule has 1 amide bonds. The molecule has 7 nitrogen and oxygen atoms in total. The first kappa shape index (κ1) is 16.8. The van der Waals surface area contributed by atoms with Crippen LogP contribution in [0.2, 0.25) is 0 Å². The van der Waals surface area contributed by atoms with Crippen LogP contribution in [0.15, 0.2) is 4.52 Å². The largest absolute Gasteiger partial charge is 0.481 e. The van der Waals surface area contributed by atoms with E-state index in [2.05, 4.69) is 5.16 Å². The van der Waals surface area contributed by atoms with Crippen LogP contribution in [0, 0.1) is 13.8 Å². The third-order valence-corrected chi connectivity index (χ3v) is 4.56. The van der Waals surface area contributed by atoms with Crippen molar-refractivity contribution >= 4 is 23.6 Å². The number of carbonyl (C=O) groups is 2. The number of hydrogen-bond acceptors (Lipinski definition) is 6. The first-order valence-corrected chi connectivity index (χ1v) is 8.23. The van der Waals surface area contributed by atoms with Gasteiger partial charge < -0.3 is 19.3 Å². The monoisotopic (exact) mass is 328 g/mol. The van der Waals surface area contributed by atoms with Crippen LogP contribution < -0.4 is 0 Å². The number of thioether (sulfide) groups is 1. The van der Waals surface area contributed by atoms with Crippen LogP contribution in [0.1, 0.15) is 23.4 Å². The average Bonchev–Trinajstić information content (AvgIpc) is 2.79. The molecule has 0 radical (unpaired) electrons. The molecular weight excluding hydrogens is 308 g/mol. The highest BCUT2D eigenvalue weighted by Crippen LogP contribution is 2.20. The summed E-state index contributed by atoms with van der Waals surface area (Å²) in [6.45, 7) is 4.91. The molecule has 1 aliphatic heterocycles. The molecule has 1 saturated heterocycles. The van der Waals surface area contributed by atoms with Crippen molar-refractivity contribution in [1.29, 1.82) is 0 Å². The van der Waals surface area contributed by atoms with Crippen LogP contribution in [0.5, 0.6) is 0 Å². The average molecular weight is 328 g/mol. The summed E-state index contributed by atoms with van der Waals surface area (Å²) in [4.78, 5) is 24.8. The number of carboxylic acid groups (broad SMARTS) is 1. The highest BCUT2D eigenvalue weighted by molar-refractivity contribution is 7.99. The number of aliphatic carboxylic acids is 1. The van der Waals surface area contributed by atoms with Crippen molar-refractivity contribution in [3.8, 4) is 0 Å². The van der Waals surface area contributed by atoms with Gasteiger partial charge >= 0.3 is 5.97 Å². The Morgan fingerprint density at radius 1 is 1.45 bits per heavy atom. The lowest BCUT2D eigenvalue weighted by molar-refractivity contribution is -0.144. The number of amides is 1. The zero-order valence-corrected chi connectivity index (χ0v) is 13.5. The van der Waals surface area contributed by atoms with Gasteiger partial charge in [-0.2, -0.15) is 0 Å². The predicted octanol–water partition coefficient (Wildman–Crippen LogP) is 1.23. The predicted molar refractivity (Wildman–Crippen MR) is 80.7 cm³/mol. The molecular formula is C14H20N2O5S. The Hall–Kier alpha value is -1.54. The fourth-order valence-electron chi connectivity index (χ4n) is 2.39. The Kier molecular flexibility index (Phi) is 5.84. The summed E-state index contributed by atoms with van der Waals surface area (Å²) >= 11 is 1.48. The zero-order valence-electron chi connectivity index (χ0n) is 12.7. The number of morpholine rings is 1. The molecule has 0 spiro atoms. The lowest BCUT2D eigenvalue weighted by Gasteiger charge is -2.34.